The molecule has 0 radical (unpaired) electrons. The maximum absolute atomic E-state index is 11.5. The quantitative estimate of drug-likeness (QED) is 0.630. The molecule has 0 bridgehead atoms. The van der Waals surface area contributed by atoms with Crippen LogP contribution in [0.2, 0.25) is 10.0 Å². The smallest absolute Gasteiger partial charge is 0.290 e. The van der Waals surface area contributed by atoms with E-state index in [1.807, 2.05) is 0 Å². The second-order valence-electron chi connectivity index (χ2n) is 5.77. The predicted octanol–water partition coefficient (Wildman–Crippen LogP) is 4.14. The Morgan fingerprint density at radius 2 is 1.64 bits per heavy atom. The highest BCUT2D eigenvalue weighted by atomic mass is 35.5. The third kappa shape index (κ3) is 5.65. The summed E-state index contributed by atoms with van der Waals surface area (Å²) in [6.45, 7) is 0.0665. The highest BCUT2D eigenvalue weighted by Gasteiger charge is 2.24. The normalized spacial score (nSPS) is 16.2. The Kier molecular flexibility index (Phi) is 6.85. The van der Waals surface area contributed by atoms with Gasteiger partial charge in [0.2, 0.25) is 0 Å². The van der Waals surface area contributed by atoms with Crippen LogP contribution in [0.25, 0.3) is 6.08 Å². The van der Waals surface area contributed by atoms with E-state index in [2.05, 4.69) is 5.32 Å². The van der Waals surface area contributed by atoms with Crippen LogP contribution >= 0.6 is 35.0 Å². The van der Waals surface area contributed by atoms with E-state index >= 15 is 0 Å². The molecule has 0 aromatic heterocycles. The highest BCUT2D eigenvalue weighted by molar-refractivity contribution is 8.18. The van der Waals surface area contributed by atoms with Gasteiger partial charge in [-0.1, -0.05) is 35.3 Å². The first kappa shape index (κ1) is 20.5. The Morgan fingerprint density at radius 3 is 2.25 bits per heavy atom. The summed E-state index contributed by atoms with van der Waals surface area (Å²) in [5.41, 5.74) is 0.753. The molecular weight excluding hydrogens is 425 g/mol. The molecule has 0 saturated carbocycles. The Hall–Kier alpha value is -2.19. The molecule has 2 amide bonds. The predicted molar refractivity (Wildman–Crippen MR) is 109 cm³/mol. The lowest BCUT2D eigenvalue weighted by molar-refractivity contribution is -0.115. The zero-order valence-corrected chi connectivity index (χ0v) is 16.7. The first-order valence-electron chi connectivity index (χ1n) is 8.14. The molecule has 3 rings (SSSR count). The summed E-state index contributed by atoms with van der Waals surface area (Å²) >= 11 is 12.6. The van der Waals surface area contributed by atoms with Crippen molar-refractivity contribution in [3.8, 4) is 11.5 Å². The summed E-state index contributed by atoms with van der Waals surface area (Å²) in [7, 11) is 0. The van der Waals surface area contributed by atoms with E-state index in [0.717, 1.165) is 17.3 Å². The minimum atomic E-state index is -0.846. The summed E-state index contributed by atoms with van der Waals surface area (Å²) < 4.78 is 11.0. The third-order valence-electron chi connectivity index (χ3n) is 3.60. The largest absolute Gasteiger partial charge is 0.491 e. The number of imide groups is 1. The van der Waals surface area contributed by atoms with Gasteiger partial charge in [0.25, 0.3) is 11.1 Å². The first-order chi connectivity index (χ1) is 13.4. The average molecular weight is 440 g/mol. The van der Waals surface area contributed by atoms with Gasteiger partial charge in [-0.25, -0.2) is 0 Å². The molecule has 2 N–H and O–H groups in total. The van der Waals surface area contributed by atoms with E-state index in [0.29, 0.717) is 26.4 Å². The van der Waals surface area contributed by atoms with Gasteiger partial charge in [0.05, 0.1) is 15.0 Å². The zero-order chi connectivity index (χ0) is 20.1. The van der Waals surface area contributed by atoms with Gasteiger partial charge in [0.1, 0.15) is 30.8 Å². The van der Waals surface area contributed by atoms with Gasteiger partial charge in [-0.3, -0.25) is 14.9 Å². The Morgan fingerprint density at radius 1 is 1.00 bits per heavy atom. The molecule has 146 valence electrons. The fourth-order valence-corrected chi connectivity index (χ4v) is 3.20. The summed E-state index contributed by atoms with van der Waals surface area (Å²) in [4.78, 5) is 23.0. The fraction of sp³-hybridized carbons (Fsp3) is 0.158. The lowest BCUT2D eigenvalue weighted by Crippen LogP contribution is -2.25. The van der Waals surface area contributed by atoms with E-state index in [1.165, 1.54) is 0 Å². The van der Waals surface area contributed by atoms with Crippen molar-refractivity contribution in [3.63, 3.8) is 0 Å². The third-order valence-corrected chi connectivity index (χ3v) is 5.15. The SMILES string of the molecule is O=C1NC(=O)/C(=C\c2ccc(OCC(O)COc3ccc(Cl)c(Cl)c3)cc2)S1. The molecule has 1 saturated heterocycles. The number of hydrogen-bond acceptors (Lipinski definition) is 6. The summed E-state index contributed by atoms with van der Waals surface area (Å²) in [5.74, 6) is 0.647. The van der Waals surface area contributed by atoms with E-state index in [4.69, 9.17) is 32.7 Å². The Bertz CT molecular complexity index is 917. The maximum atomic E-state index is 11.5. The number of carbonyl (C=O) groups is 2. The number of hydrogen-bond donors (Lipinski definition) is 2. The molecule has 1 aliphatic rings. The van der Waals surface area contributed by atoms with Gasteiger partial charge in [-0.2, -0.15) is 0 Å². The van der Waals surface area contributed by atoms with Crippen molar-refractivity contribution in [3.05, 3.63) is 63.0 Å². The minimum Gasteiger partial charge on any atom is -0.491 e. The number of carbonyl (C=O) groups excluding carboxylic acids is 2. The van der Waals surface area contributed by atoms with E-state index in [1.54, 1.807) is 48.5 Å². The van der Waals surface area contributed by atoms with Crippen LogP contribution < -0.4 is 14.8 Å². The van der Waals surface area contributed by atoms with Gasteiger partial charge in [-0.05, 0) is 47.7 Å². The fourth-order valence-electron chi connectivity index (χ4n) is 2.23. The molecule has 1 unspecified atom stereocenters. The van der Waals surface area contributed by atoms with Gasteiger partial charge < -0.3 is 14.6 Å². The number of thioether (sulfide) groups is 1. The molecule has 2 aromatic carbocycles. The van der Waals surface area contributed by atoms with Crippen LogP contribution in [0.15, 0.2) is 47.4 Å². The number of amides is 2. The van der Waals surface area contributed by atoms with Crippen molar-refractivity contribution in [2.24, 2.45) is 0 Å². The second-order valence-corrected chi connectivity index (χ2v) is 7.60. The van der Waals surface area contributed by atoms with Crippen molar-refractivity contribution in [2.45, 2.75) is 6.10 Å². The molecule has 1 aliphatic heterocycles. The van der Waals surface area contributed by atoms with Crippen LogP contribution in [-0.2, 0) is 4.79 Å². The topological polar surface area (TPSA) is 84.9 Å². The van der Waals surface area contributed by atoms with Crippen molar-refractivity contribution >= 4 is 52.2 Å². The van der Waals surface area contributed by atoms with Crippen molar-refractivity contribution in [1.29, 1.82) is 0 Å². The molecule has 0 spiro atoms. The summed E-state index contributed by atoms with van der Waals surface area (Å²) in [6, 6.07) is 11.8. The number of nitrogens with one attached hydrogen (secondary N) is 1. The van der Waals surface area contributed by atoms with Gasteiger partial charge in [-0.15, -0.1) is 0 Å². The second kappa shape index (κ2) is 9.34. The first-order valence-corrected chi connectivity index (χ1v) is 9.71. The van der Waals surface area contributed by atoms with Crippen LogP contribution in [0, 0.1) is 0 Å². The van der Waals surface area contributed by atoms with E-state index in [-0.39, 0.29) is 18.5 Å². The Balaban J connectivity index is 1.47. The average Bonchev–Trinajstić information content (AvgIpc) is 2.99. The van der Waals surface area contributed by atoms with E-state index < -0.39 is 12.0 Å². The van der Waals surface area contributed by atoms with Crippen molar-refractivity contribution in [1.82, 2.24) is 5.32 Å². The molecule has 0 aliphatic carbocycles. The number of aliphatic hydroxyl groups excluding tert-OH is 1. The molecule has 1 heterocycles. The van der Waals surface area contributed by atoms with Gasteiger partial charge in [0, 0.05) is 6.07 Å². The van der Waals surface area contributed by atoms with Gasteiger partial charge in [0.15, 0.2) is 0 Å². The number of halogens is 2. The number of rotatable bonds is 7. The maximum Gasteiger partial charge on any atom is 0.290 e. The Labute approximate surface area is 175 Å². The number of benzene rings is 2. The lowest BCUT2D eigenvalue weighted by atomic mass is 10.2. The molecule has 2 aromatic rings. The molecular formula is C19H15Cl2NO5S. The standard InChI is InChI=1S/C19H15Cl2NO5S/c20-15-6-5-14(8-16(15)21)27-10-12(23)9-26-13-3-1-11(2-4-13)7-17-18(24)22-19(25)28-17/h1-8,12,23H,9-10H2,(H,22,24,25)/b17-7+. The highest BCUT2D eigenvalue weighted by Crippen LogP contribution is 2.27. The number of aliphatic hydroxyl groups is 1. The van der Waals surface area contributed by atoms with Crippen LogP contribution in [0.5, 0.6) is 11.5 Å². The molecule has 6 nitrogen and oxygen atoms in total. The summed E-state index contributed by atoms with van der Waals surface area (Å²) in [6.07, 6.45) is 0.773. The minimum absolute atomic E-state index is 0.0303. The van der Waals surface area contributed by atoms with Crippen LogP contribution in [-0.4, -0.2) is 35.6 Å². The number of ether oxygens (including phenoxy) is 2. The monoisotopic (exact) mass is 439 g/mol. The molecule has 9 heteroatoms. The lowest BCUT2D eigenvalue weighted by Gasteiger charge is -2.14. The van der Waals surface area contributed by atoms with Crippen LogP contribution in [0.4, 0.5) is 4.79 Å². The van der Waals surface area contributed by atoms with Crippen LogP contribution in [0.1, 0.15) is 5.56 Å². The van der Waals surface area contributed by atoms with E-state index in [9.17, 15) is 14.7 Å². The van der Waals surface area contributed by atoms with Crippen LogP contribution in [0.3, 0.4) is 0 Å². The zero-order valence-electron chi connectivity index (χ0n) is 14.4. The van der Waals surface area contributed by atoms with Gasteiger partial charge >= 0.3 is 0 Å². The molecule has 28 heavy (non-hydrogen) atoms. The molecule has 1 fully saturated rings. The molecule has 1 atom stereocenters. The van der Waals surface area contributed by atoms with Crippen molar-refractivity contribution < 1.29 is 24.2 Å². The summed E-state index contributed by atoms with van der Waals surface area (Å²) in [5, 5.41) is 12.6. The van der Waals surface area contributed by atoms with Crippen molar-refractivity contribution in [2.75, 3.05) is 13.2 Å².